The highest BCUT2D eigenvalue weighted by Crippen LogP contribution is 2.60. The SMILES string of the molecule is COC(=O)C1C(COCCN2C(=O)c3ccccc3C2=O)=NC(C)=C(C(=O)OCCCC(F)(F)C(F)(F)C(F)(F)C(F)(F)C(F)(F)C(F)(F)F)C1c1cccc([N+](=O)[O-])c1. The number of ether oxygens (including phenoxy) is 3. The smallest absolute Gasteiger partial charge is 0.460 e. The van der Waals surface area contributed by atoms with Gasteiger partial charge in [0.15, 0.2) is 0 Å². The van der Waals surface area contributed by atoms with Crippen molar-refractivity contribution in [3.63, 3.8) is 0 Å². The number of imide groups is 1. The average Bonchev–Trinajstić information content (AvgIpc) is 3.41. The van der Waals surface area contributed by atoms with Crippen LogP contribution in [0.1, 0.15) is 52.0 Å². The number of hydrogen-bond donors (Lipinski definition) is 0. The number of carbonyl (C=O) groups excluding carboxylic acids is 4. The van der Waals surface area contributed by atoms with Gasteiger partial charge in [0.1, 0.15) is 5.92 Å². The van der Waals surface area contributed by atoms with E-state index in [1.807, 2.05) is 0 Å². The number of aliphatic imine (C=N–C) groups is 1. The number of esters is 2. The van der Waals surface area contributed by atoms with E-state index >= 15 is 0 Å². The zero-order valence-electron chi connectivity index (χ0n) is 30.4. The topological polar surface area (TPSA) is 155 Å². The van der Waals surface area contributed by atoms with Gasteiger partial charge in [-0.05, 0) is 31.0 Å². The summed E-state index contributed by atoms with van der Waals surface area (Å²) in [6, 6.07) is 10.1. The highest BCUT2D eigenvalue weighted by atomic mass is 19.4. The zero-order chi connectivity index (χ0) is 45.4. The van der Waals surface area contributed by atoms with Crippen molar-refractivity contribution < 1.29 is 95.4 Å². The molecule has 2 heterocycles. The molecule has 2 aliphatic rings. The lowest BCUT2D eigenvalue weighted by Gasteiger charge is -2.39. The van der Waals surface area contributed by atoms with Gasteiger partial charge in [-0.2, -0.15) is 57.1 Å². The summed E-state index contributed by atoms with van der Waals surface area (Å²) in [6.45, 7) is -1.59. The number of nitro groups is 1. The minimum absolute atomic E-state index is 0.134. The molecule has 2 aromatic rings. The second-order valence-electron chi connectivity index (χ2n) is 13.0. The second-order valence-corrected chi connectivity index (χ2v) is 13.0. The van der Waals surface area contributed by atoms with Crippen LogP contribution in [0, 0.1) is 16.0 Å². The molecule has 2 unspecified atom stereocenters. The molecular formula is C35H28F13N3O9. The van der Waals surface area contributed by atoms with Gasteiger partial charge in [-0.15, -0.1) is 0 Å². The molecule has 2 aromatic carbocycles. The Balaban J connectivity index is 1.58. The molecule has 0 saturated heterocycles. The van der Waals surface area contributed by atoms with Gasteiger partial charge in [-0.3, -0.25) is 34.4 Å². The van der Waals surface area contributed by atoms with E-state index in [2.05, 4.69) is 4.99 Å². The van der Waals surface area contributed by atoms with E-state index in [0.717, 1.165) is 37.1 Å². The maximum atomic E-state index is 14.4. The van der Waals surface area contributed by atoms with Gasteiger partial charge in [0.2, 0.25) is 0 Å². The normalized spacial score (nSPS) is 18.1. The van der Waals surface area contributed by atoms with E-state index in [-0.39, 0.29) is 41.3 Å². The molecule has 60 heavy (non-hydrogen) atoms. The first kappa shape index (κ1) is 47.1. The molecule has 12 nitrogen and oxygen atoms in total. The van der Waals surface area contributed by atoms with Crippen LogP contribution in [0.2, 0.25) is 0 Å². The molecule has 25 heteroatoms. The summed E-state index contributed by atoms with van der Waals surface area (Å²) in [5.74, 6) is -45.4. The molecule has 328 valence electrons. The van der Waals surface area contributed by atoms with Gasteiger partial charge < -0.3 is 14.2 Å². The average molecular weight is 882 g/mol. The highest BCUT2D eigenvalue weighted by Gasteiger charge is 2.90. The van der Waals surface area contributed by atoms with Crippen LogP contribution in [0.25, 0.3) is 0 Å². The molecule has 0 saturated carbocycles. The fraction of sp³-hybridized carbons (Fsp3) is 0.457. The lowest BCUT2D eigenvalue weighted by Crippen LogP contribution is -2.70. The van der Waals surface area contributed by atoms with Crippen molar-refractivity contribution in [2.75, 3.05) is 33.5 Å². The van der Waals surface area contributed by atoms with Gasteiger partial charge in [0.05, 0.1) is 60.8 Å². The molecule has 4 rings (SSSR count). The molecule has 2 aliphatic heterocycles. The first-order chi connectivity index (χ1) is 27.6. The first-order valence-corrected chi connectivity index (χ1v) is 16.8. The largest absolute Gasteiger partial charge is 0.468 e. The Morgan fingerprint density at radius 1 is 0.817 bits per heavy atom. The molecule has 0 aromatic heterocycles. The van der Waals surface area contributed by atoms with Gasteiger partial charge in [-0.1, -0.05) is 24.3 Å². The van der Waals surface area contributed by atoms with Crippen LogP contribution in [-0.2, 0) is 23.8 Å². The van der Waals surface area contributed by atoms with Crippen molar-refractivity contribution in [1.82, 2.24) is 4.90 Å². The number of halogens is 13. The van der Waals surface area contributed by atoms with E-state index in [1.165, 1.54) is 30.3 Å². The molecular weight excluding hydrogens is 853 g/mol. The van der Waals surface area contributed by atoms with E-state index in [4.69, 9.17) is 14.2 Å². The van der Waals surface area contributed by atoms with Crippen LogP contribution in [0.4, 0.5) is 62.8 Å². The van der Waals surface area contributed by atoms with E-state index in [0.29, 0.717) is 0 Å². The summed E-state index contributed by atoms with van der Waals surface area (Å²) in [7, 11) is 0.885. The molecule has 0 spiro atoms. The second kappa shape index (κ2) is 16.8. The van der Waals surface area contributed by atoms with Crippen LogP contribution in [0.3, 0.4) is 0 Å². The number of benzene rings is 2. The Morgan fingerprint density at radius 3 is 1.92 bits per heavy atom. The Kier molecular flexibility index (Phi) is 13.2. The van der Waals surface area contributed by atoms with Crippen molar-refractivity contribution in [1.29, 1.82) is 0 Å². The lowest BCUT2D eigenvalue weighted by atomic mass is 9.75. The number of nitro benzene ring substituents is 1. The Hall–Kier alpha value is -5.62. The number of amides is 2. The number of allylic oxidation sites excluding steroid dienone is 1. The van der Waals surface area contributed by atoms with Gasteiger partial charge >= 0.3 is 47.7 Å². The fourth-order valence-corrected chi connectivity index (χ4v) is 6.19. The molecule has 2 atom stereocenters. The lowest BCUT2D eigenvalue weighted by molar-refractivity contribution is -0.440. The highest BCUT2D eigenvalue weighted by molar-refractivity contribution is 6.21. The monoisotopic (exact) mass is 881 g/mol. The summed E-state index contributed by atoms with van der Waals surface area (Å²) in [5.41, 5.74) is -1.73. The van der Waals surface area contributed by atoms with Gasteiger partial charge in [0, 0.05) is 30.2 Å². The van der Waals surface area contributed by atoms with E-state index in [9.17, 15) is 86.4 Å². The Bertz CT molecular complexity index is 2070. The minimum atomic E-state index is -8.09. The van der Waals surface area contributed by atoms with Crippen LogP contribution >= 0.6 is 0 Å². The third-order valence-corrected chi connectivity index (χ3v) is 9.27. The van der Waals surface area contributed by atoms with E-state index in [1.54, 1.807) is 0 Å². The van der Waals surface area contributed by atoms with Crippen molar-refractivity contribution in [3.8, 4) is 0 Å². The van der Waals surface area contributed by atoms with Crippen LogP contribution in [0.15, 0.2) is 64.8 Å². The summed E-state index contributed by atoms with van der Waals surface area (Å²) in [6.07, 6.45) is -11.9. The molecule has 2 amide bonds. The predicted molar refractivity (Wildman–Crippen MR) is 175 cm³/mol. The zero-order valence-corrected chi connectivity index (χ0v) is 30.4. The number of methoxy groups -OCH3 is 1. The maximum Gasteiger partial charge on any atom is 0.460 e. The van der Waals surface area contributed by atoms with Crippen molar-refractivity contribution in [2.24, 2.45) is 10.9 Å². The summed E-state index contributed by atoms with van der Waals surface area (Å²) >= 11 is 0. The van der Waals surface area contributed by atoms with Crippen molar-refractivity contribution in [2.45, 2.75) is 61.5 Å². The Labute approximate surface area is 328 Å². The predicted octanol–water partition coefficient (Wildman–Crippen LogP) is 7.57. The molecule has 0 N–H and O–H groups in total. The number of carbonyl (C=O) groups is 4. The molecule has 0 aliphatic carbocycles. The first-order valence-electron chi connectivity index (χ1n) is 16.8. The van der Waals surface area contributed by atoms with E-state index < -0.39 is 114 Å². The summed E-state index contributed by atoms with van der Waals surface area (Å²) < 4.78 is 191. The van der Waals surface area contributed by atoms with Crippen LogP contribution in [-0.4, -0.2) is 109 Å². The summed E-state index contributed by atoms with van der Waals surface area (Å²) in [5, 5.41) is 11.6. The van der Waals surface area contributed by atoms with Gasteiger partial charge in [-0.25, -0.2) is 4.79 Å². The fourth-order valence-electron chi connectivity index (χ4n) is 6.19. The Morgan fingerprint density at radius 2 is 1.38 bits per heavy atom. The number of rotatable bonds is 17. The third-order valence-electron chi connectivity index (χ3n) is 9.27. The maximum absolute atomic E-state index is 14.4. The number of non-ortho nitro benzene ring substituents is 1. The number of fused-ring (bicyclic) bond motifs is 1. The molecule has 0 radical (unpaired) electrons. The molecule has 0 fully saturated rings. The number of hydrogen-bond acceptors (Lipinski definition) is 10. The quantitative estimate of drug-likeness (QED) is 0.0391. The third kappa shape index (κ3) is 8.26. The standard InChI is InChI=1S/C35H28F13N3O9/c1-17-23(29(55)60-13-6-11-30(36,37)31(38,39)32(40,41)33(42,43)34(44,45)35(46,47)48)24(18-7-5-8-19(15-18)51(56)57)25(28(54)58-2)22(49-17)16-59-14-12-50-26(52)20-9-3-4-10-21(20)27(50)53/h3-5,7-10,15,24-25H,6,11-14,16H2,1-2H3. The minimum Gasteiger partial charge on any atom is -0.468 e. The summed E-state index contributed by atoms with van der Waals surface area (Å²) in [4.78, 5) is 68.0. The van der Waals surface area contributed by atoms with Crippen LogP contribution < -0.4 is 0 Å². The molecule has 0 bridgehead atoms. The van der Waals surface area contributed by atoms with Crippen molar-refractivity contribution in [3.05, 3.63) is 86.6 Å². The number of nitrogens with zero attached hydrogens (tertiary/aromatic N) is 3. The number of alkyl halides is 13. The van der Waals surface area contributed by atoms with Gasteiger partial charge in [0.25, 0.3) is 17.5 Å². The van der Waals surface area contributed by atoms with Crippen LogP contribution in [0.5, 0.6) is 0 Å². The van der Waals surface area contributed by atoms with Crippen molar-refractivity contribution >= 4 is 35.2 Å².